The lowest BCUT2D eigenvalue weighted by molar-refractivity contribution is -0.129. The number of rotatable bonds is 6. The maximum atomic E-state index is 11.7. The number of aromatic hydroxyl groups is 1. The number of aliphatic hydroxyl groups excluding tert-OH is 1. The number of primary amides is 1. The first-order valence-electron chi connectivity index (χ1n) is 6.12. The van der Waals surface area contributed by atoms with Crippen molar-refractivity contribution >= 4 is 11.8 Å². The van der Waals surface area contributed by atoms with Gasteiger partial charge < -0.3 is 27.0 Å². The van der Waals surface area contributed by atoms with E-state index in [2.05, 4.69) is 5.32 Å². The van der Waals surface area contributed by atoms with Crippen LogP contribution in [0.4, 0.5) is 0 Å². The van der Waals surface area contributed by atoms with E-state index in [-0.39, 0.29) is 12.2 Å². The number of carbonyl (C=O) groups is 2. The number of amides is 2. The van der Waals surface area contributed by atoms with Crippen LogP contribution in [0.2, 0.25) is 0 Å². The van der Waals surface area contributed by atoms with Crippen LogP contribution in [0.1, 0.15) is 12.5 Å². The van der Waals surface area contributed by atoms with Gasteiger partial charge in [0.15, 0.2) is 0 Å². The Hall–Kier alpha value is -2.12. The number of benzene rings is 1. The highest BCUT2D eigenvalue weighted by Crippen LogP contribution is 2.11. The number of hydrogen-bond acceptors (Lipinski definition) is 5. The van der Waals surface area contributed by atoms with Crippen molar-refractivity contribution in [2.24, 2.45) is 11.5 Å². The fraction of sp³-hybridized carbons (Fsp3) is 0.385. The van der Waals surface area contributed by atoms with Gasteiger partial charge in [0.2, 0.25) is 11.8 Å². The molecular weight excluding hydrogens is 262 g/mol. The number of phenols is 1. The van der Waals surface area contributed by atoms with Crippen molar-refractivity contribution in [1.29, 1.82) is 0 Å². The minimum absolute atomic E-state index is 0.101. The van der Waals surface area contributed by atoms with Crippen molar-refractivity contribution < 1.29 is 19.8 Å². The molecule has 1 aromatic carbocycles. The highest BCUT2D eigenvalue weighted by molar-refractivity contribution is 5.89. The highest BCUT2D eigenvalue weighted by Gasteiger charge is 2.24. The number of aliphatic hydroxyl groups is 1. The van der Waals surface area contributed by atoms with E-state index in [1.807, 2.05) is 0 Å². The third-order valence-electron chi connectivity index (χ3n) is 2.86. The van der Waals surface area contributed by atoms with Gasteiger partial charge in [-0.1, -0.05) is 12.1 Å². The molecule has 2 amide bonds. The Morgan fingerprint density at radius 3 is 2.30 bits per heavy atom. The molecule has 0 spiro atoms. The SMILES string of the molecule is C[C@@H](O)[C@H](N)C(=O)N[C@@H](Cc1ccc(O)cc1)C(N)=O. The number of phenolic OH excluding ortho intramolecular Hbond substituents is 1. The Labute approximate surface area is 116 Å². The lowest BCUT2D eigenvalue weighted by Gasteiger charge is -2.20. The third kappa shape index (κ3) is 4.52. The average Bonchev–Trinajstić information content (AvgIpc) is 2.39. The van der Waals surface area contributed by atoms with Crippen LogP contribution in [-0.4, -0.2) is 40.2 Å². The molecule has 3 atom stereocenters. The fourth-order valence-electron chi connectivity index (χ4n) is 1.58. The van der Waals surface area contributed by atoms with Gasteiger partial charge >= 0.3 is 0 Å². The quantitative estimate of drug-likeness (QED) is 0.437. The van der Waals surface area contributed by atoms with E-state index in [0.717, 1.165) is 5.56 Å². The van der Waals surface area contributed by atoms with Crippen LogP contribution in [0.15, 0.2) is 24.3 Å². The summed E-state index contributed by atoms with van der Waals surface area (Å²) in [5.41, 5.74) is 11.4. The van der Waals surface area contributed by atoms with Crippen LogP contribution in [0.5, 0.6) is 5.75 Å². The number of nitrogens with two attached hydrogens (primary N) is 2. The minimum Gasteiger partial charge on any atom is -0.508 e. The van der Waals surface area contributed by atoms with Gasteiger partial charge in [-0.2, -0.15) is 0 Å². The largest absolute Gasteiger partial charge is 0.508 e. The lowest BCUT2D eigenvalue weighted by atomic mass is 10.0. The molecule has 7 N–H and O–H groups in total. The first kappa shape index (κ1) is 15.9. The molecule has 0 bridgehead atoms. The maximum absolute atomic E-state index is 11.7. The van der Waals surface area contributed by atoms with Gasteiger partial charge in [-0.15, -0.1) is 0 Å². The van der Waals surface area contributed by atoms with E-state index in [1.165, 1.54) is 19.1 Å². The molecule has 1 aromatic rings. The zero-order valence-electron chi connectivity index (χ0n) is 11.1. The number of nitrogens with one attached hydrogen (secondary N) is 1. The predicted molar refractivity (Wildman–Crippen MR) is 72.6 cm³/mol. The molecule has 0 saturated carbocycles. The molecule has 110 valence electrons. The second-order valence-electron chi connectivity index (χ2n) is 4.60. The Morgan fingerprint density at radius 1 is 1.30 bits per heavy atom. The van der Waals surface area contributed by atoms with Crippen LogP contribution in [0, 0.1) is 0 Å². The first-order valence-corrected chi connectivity index (χ1v) is 6.12. The second-order valence-corrected chi connectivity index (χ2v) is 4.60. The Kier molecular flexibility index (Phi) is 5.48. The molecule has 0 aliphatic carbocycles. The van der Waals surface area contributed by atoms with E-state index < -0.39 is 30.0 Å². The average molecular weight is 281 g/mol. The molecule has 20 heavy (non-hydrogen) atoms. The molecule has 1 rings (SSSR count). The molecule has 0 radical (unpaired) electrons. The second kappa shape index (κ2) is 6.88. The molecule has 0 aromatic heterocycles. The Bertz CT molecular complexity index is 473. The van der Waals surface area contributed by atoms with E-state index in [0.29, 0.717) is 0 Å². The van der Waals surface area contributed by atoms with Crippen LogP contribution in [-0.2, 0) is 16.0 Å². The van der Waals surface area contributed by atoms with E-state index in [1.54, 1.807) is 12.1 Å². The summed E-state index contributed by atoms with van der Waals surface area (Å²) in [5.74, 6) is -1.25. The van der Waals surface area contributed by atoms with E-state index in [9.17, 15) is 19.8 Å². The summed E-state index contributed by atoms with van der Waals surface area (Å²) in [5, 5.41) is 20.8. The molecular formula is C13H19N3O4. The standard InChI is InChI=1S/C13H19N3O4/c1-7(17)11(14)13(20)16-10(12(15)19)6-8-2-4-9(18)5-3-8/h2-5,7,10-11,17-18H,6,14H2,1H3,(H2,15,19)(H,16,20)/t7-,10+,11+/m1/s1. The highest BCUT2D eigenvalue weighted by atomic mass is 16.3. The normalized spacial score (nSPS) is 15.2. The molecule has 0 aliphatic rings. The van der Waals surface area contributed by atoms with Crippen molar-refractivity contribution in [2.45, 2.75) is 31.5 Å². The molecule has 0 aliphatic heterocycles. The van der Waals surface area contributed by atoms with Crippen LogP contribution >= 0.6 is 0 Å². The number of hydrogen-bond donors (Lipinski definition) is 5. The Morgan fingerprint density at radius 2 is 1.85 bits per heavy atom. The Balaban J connectivity index is 2.72. The van der Waals surface area contributed by atoms with Gasteiger partial charge in [0.05, 0.1) is 6.10 Å². The summed E-state index contributed by atoms with van der Waals surface area (Å²) in [6.07, 6.45) is -0.856. The van der Waals surface area contributed by atoms with E-state index in [4.69, 9.17) is 11.5 Å². The van der Waals surface area contributed by atoms with Gasteiger partial charge in [-0.05, 0) is 24.6 Å². The van der Waals surface area contributed by atoms with Crippen molar-refractivity contribution in [3.63, 3.8) is 0 Å². The molecule has 0 fully saturated rings. The first-order chi connectivity index (χ1) is 9.31. The maximum Gasteiger partial charge on any atom is 0.240 e. The summed E-state index contributed by atoms with van der Waals surface area (Å²) >= 11 is 0. The van der Waals surface area contributed by atoms with Gasteiger partial charge in [0.25, 0.3) is 0 Å². The van der Waals surface area contributed by atoms with Crippen molar-refractivity contribution in [3.8, 4) is 5.75 Å². The summed E-state index contributed by atoms with van der Waals surface area (Å²) in [7, 11) is 0. The van der Waals surface area contributed by atoms with Gasteiger partial charge in [-0.3, -0.25) is 9.59 Å². The zero-order valence-corrected chi connectivity index (χ0v) is 11.1. The van der Waals surface area contributed by atoms with Crippen molar-refractivity contribution in [1.82, 2.24) is 5.32 Å². The lowest BCUT2D eigenvalue weighted by Crippen LogP contribution is -2.54. The topological polar surface area (TPSA) is 139 Å². The predicted octanol–water partition coefficient (Wildman–Crippen LogP) is -1.39. The van der Waals surface area contributed by atoms with Gasteiger partial charge in [-0.25, -0.2) is 0 Å². The summed E-state index contributed by atoms with van der Waals surface area (Å²) in [6.45, 7) is 1.38. The third-order valence-corrected chi connectivity index (χ3v) is 2.86. The monoisotopic (exact) mass is 281 g/mol. The summed E-state index contributed by atoms with van der Waals surface area (Å²) < 4.78 is 0. The zero-order chi connectivity index (χ0) is 15.3. The van der Waals surface area contributed by atoms with Crippen molar-refractivity contribution in [2.75, 3.05) is 0 Å². The molecule has 7 heteroatoms. The van der Waals surface area contributed by atoms with Crippen LogP contribution in [0.3, 0.4) is 0 Å². The van der Waals surface area contributed by atoms with Gasteiger partial charge in [0, 0.05) is 6.42 Å². The number of carbonyl (C=O) groups excluding carboxylic acids is 2. The smallest absolute Gasteiger partial charge is 0.240 e. The molecule has 0 heterocycles. The molecule has 0 unspecified atom stereocenters. The van der Waals surface area contributed by atoms with E-state index >= 15 is 0 Å². The van der Waals surface area contributed by atoms with Crippen LogP contribution in [0.25, 0.3) is 0 Å². The summed E-state index contributed by atoms with van der Waals surface area (Å²) in [6, 6.07) is 4.11. The fourth-order valence-corrected chi connectivity index (χ4v) is 1.58. The van der Waals surface area contributed by atoms with Crippen LogP contribution < -0.4 is 16.8 Å². The molecule has 0 saturated heterocycles. The van der Waals surface area contributed by atoms with Gasteiger partial charge in [0.1, 0.15) is 17.8 Å². The summed E-state index contributed by atoms with van der Waals surface area (Å²) in [4.78, 5) is 23.1. The minimum atomic E-state index is -1.13. The van der Waals surface area contributed by atoms with Crippen molar-refractivity contribution in [3.05, 3.63) is 29.8 Å². The molecule has 7 nitrogen and oxygen atoms in total.